The molecule has 4 N–H and O–H groups in total. The molecule has 1 saturated heterocycles. The average molecular weight is 115 g/mol. The standard InChI is InChI=1S/C5H13N3/c6-1-2-7-3-5-4-8-5/h5,7-8H,1-4,6H2. The summed E-state index contributed by atoms with van der Waals surface area (Å²) in [7, 11) is 0. The van der Waals surface area contributed by atoms with E-state index in [9.17, 15) is 0 Å². The number of rotatable bonds is 4. The highest BCUT2D eigenvalue weighted by Crippen LogP contribution is 1.91. The van der Waals surface area contributed by atoms with Crippen LogP contribution in [-0.4, -0.2) is 32.2 Å². The van der Waals surface area contributed by atoms with Gasteiger partial charge in [-0.3, -0.25) is 0 Å². The van der Waals surface area contributed by atoms with Gasteiger partial charge in [-0.1, -0.05) is 0 Å². The molecule has 1 heterocycles. The van der Waals surface area contributed by atoms with E-state index in [0.717, 1.165) is 25.7 Å². The van der Waals surface area contributed by atoms with Gasteiger partial charge in [0.05, 0.1) is 0 Å². The summed E-state index contributed by atoms with van der Waals surface area (Å²) in [6, 6.07) is 0.738. The fourth-order valence-electron chi connectivity index (χ4n) is 0.606. The minimum atomic E-state index is 0.738. The Morgan fingerprint density at radius 3 is 3.00 bits per heavy atom. The first-order valence-corrected chi connectivity index (χ1v) is 3.07. The highest BCUT2D eigenvalue weighted by molar-refractivity contribution is 4.84. The van der Waals surface area contributed by atoms with Gasteiger partial charge >= 0.3 is 0 Å². The Hall–Kier alpha value is -0.120. The van der Waals surface area contributed by atoms with E-state index in [2.05, 4.69) is 10.6 Å². The van der Waals surface area contributed by atoms with Crippen LogP contribution in [0.1, 0.15) is 0 Å². The molecule has 0 aliphatic carbocycles. The normalized spacial score (nSPS) is 25.9. The van der Waals surface area contributed by atoms with Gasteiger partial charge in [0.25, 0.3) is 0 Å². The predicted molar refractivity (Wildman–Crippen MR) is 33.7 cm³/mol. The summed E-state index contributed by atoms with van der Waals surface area (Å²) in [6.07, 6.45) is 0. The minimum absolute atomic E-state index is 0.738. The molecule has 1 fully saturated rings. The van der Waals surface area contributed by atoms with E-state index in [-0.39, 0.29) is 0 Å². The largest absolute Gasteiger partial charge is 0.329 e. The van der Waals surface area contributed by atoms with Crippen LogP contribution in [0.3, 0.4) is 0 Å². The third-order valence-electron chi connectivity index (χ3n) is 1.20. The van der Waals surface area contributed by atoms with E-state index in [1.54, 1.807) is 0 Å². The van der Waals surface area contributed by atoms with Gasteiger partial charge in [0.1, 0.15) is 0 Å². The van der Waals surface area contributed by atoms with E-state index in [0.29, 0.717) is 0 Å². The lowest BCUT2D eigenvalue weighted by atomic mass is 10.4. The molecule has 3 heteroatoms. The summed E-state index contributed by atoms with van der Waals surface area (Å²) in [5.41, 5.74) is 5.25. The number of hydrogen-bond donors (Lipinski definition) is 3. The zero-order chi connectivity index (χ0) is 5.82. The maximum Gasteiger partial charge on any atom is 0.0318 e. The summed E-state index contributed by atoms with van der Waals surface area (Å²) in [5, 5.41) is 6.40. The summed E-state index contributed by atoms with van der Waals surface area (Å²) in [5.74, 6) is 0. The predicted octanol–water partition coefficient (Wildman–Crippen LogP) is -1.49. The summed E-state index contributed by atoms with van der Waals surface area (Å²) in [4.78, 5) is 0. The molecule has 0 aromatic heterocycles. The first-order valence-electron chi connectivity index (χ1n) is 3.07. The van der Waals surface area contributed by atoms with Crippen molar-refractivity contribution in [3.05, 3.63) is 0 Å². The molecule has 1 rings (SSSR count). The Morgan fingerprint density at radius 1 is 1.75 bits per heavy atom. The molecule has 0 aromatic carbocycles. The first kappa shape index (κ1) is 6.01. The third-order valence-corrected chi connectivity index (χ3v) is 1.20. The SMILES string of the molecule is NCCNCC1CN1. The maximum absolute atomic E-state index is 5.25. The lowest BCUT2D eigenvalue weighted by Gasteiger charge is -1.96. The topological polar surface area (TPSA) is 60.0 Å². The van der Waals surface area contributed by atoms with Gasteiger partial charge in [-0.05, 0) is 0 Å². The van der Waals surface area contributed by atoms with Gasteiger partial charge in [0, 0.05) is 32.2 Å². The molecule has 0 saturated carbocycles. The number of nitrogens with two attached hydrogens (primary N) is 1. The summed E-state index contributed by atoms with van der Waals surface area (Å²) >= 11 is 0. The van der Waals surface area contributed by atoms with Crippen LogP contribution in [0.15, 0.2) is 0 Å². The van der Waals surface area contributed by atoms with E-state index in [1.807, 2.05) is 0 Å². The fraction of sp³-hybridized carbons (Fsp3) is 1.00. The first-order chi connectivity index (χ1) is 3.93. The Morgan fingerprint density at radius 2 is 2.50 bits per heavy atom. The van der Waals surface area contributed by atoms with Gasteiger partial charge in [0.2, 0.25) is 0 Å². The van der Waals surface area contributed by atoms with E-state index < -0.39 is 0 Å². The molecule has 0 bridgehead atoms. The number of hydrogen-bond acceptors (Lipinski definition) is 3. The van der Waals surface area contributed by atoms with Crippen molar-refractivity contribution in [1.29, 1.82) is 0 Å². The van der Waals surface area contributed by atoms with Crippen LogP contribution in [0.25, 0.3) is 0 Å². The average Bonchev–Trinajstić information content (AvgIpc) is 2.51. The highest BCUT2D eigenvalue weighted by Gasteiger charge is 2.17. The second kappa shape index (κ2) is 3.02. The quantitative estimate of drug-likeness (QED) is 0.309. The fourth-order valence-corrected chi connectivity index (χ4v) is 0.606. The Balaban J connectivity index is 1.74. The molecule has 0 amide bonds. The van der Waals surface area contributed by atoms with Gasteiger partial charge in [0.15, 0.2) is 0 Å². The Bertz CT molecular complexity index is 60.7. The lowest BCUT2D eigenvalue weighted by molar-refractivity contribution is 0.682. The van der Waals surface area contributed by atoms with Crippen molar-refractivity contribution in [2.75, 3.05) is 26.2 Å². The van der Waals surface area contributed by atoms with Crippen LogP contribution >= 0.6 is 0 Å². The smallest absolute Gasteiger partial charge is 0.0318 e. The monoisotopic (exact) mass is 115 g/mol. The van der Waals surface area contributed by atoms with Gasteiger partial charge < -0.3 is 16.4 Å². The molecule has 1 aliphatic rings. The number of nitrogens with one attached hydrogen (secondary N) is 2. The molecule has 0 spiro atoms. The van der Waals surface area contributed by atoms with Crippen molar-refractivity contribution in [3.63, 3.8) is 0 Å². The third kappa shape index (κ3) is 2.26. The van der Waals surface area contributed by atoms with Crippen molar-refractivity contribution in [2.24, 2.45) is 5.73 Å². The zero-order valence-electron chi connectivity index (χ0n) is 4.98. The molecule has 48 valence electrons. The molecular weight excluding hydrogens is 102 g/mol. The Labute approximate surface area is 49.6 Å². The van der Waals surface area contributed by atoms with Crippen molar-refractivity contribution in [2.45, 2.75) is 6.04 Å². The Kier molecular flexibility index (Phi) is 2.27. The van der Waals surface area contributed by atoms with Crippen LogP contribution in [0.5, 0.6) is 0 Å². The zero-order valence-corrected chi connectivity index (χ0v) is 4.98. The maximum atomic E-state index is 5.25. The highest BCUT2D eigenvalue weighted by atomic mass is 15.1. The van der Waals surface area contributed by atoms with Crippen LogP contribution in [0.2, 0.25) is 0 Å². The molecule has 1 aliphatic heterocycles. The summed E-state index contributed by atoms with van der Waals surface area (Å²) in [6.45, 7) is 3.94. The van der Waals surface area contributed by atoms with Crippen molar-refractivity contribution in [1.82, 2.24) is 10.6 Å². The van der Waals surface area contributed by atoms with Crippen molar-refractivity contribution < 1.29 is 0 Å². The van der Waals surface area contributed by atoms with E-state index in [4.69, 9.17) is 5.73 Å². The van der Waals surface area contributed by atoms with Crippen LogP contribution < -0.4 is 16.4 Å². The second-order valence-corrected chi connectivity index (χ2v) is 2.10. The second-order valence-electron chi connectivity index (χ2n) is 2.10. The lowest BCUT2D eigenvalue weighted by Crippen LogP contribution is -2.26. The van der Waals surface area contributed by atoms with E-state index >= 15 is 0 Å². The van der Waals surface area contributed by atoms with Gasteiger partial charge in [-0.25, -0.2) is 0 Å². The van der Waals surface area contributed by atoms with Crippen LogP contribution in [0.4, 0.5) is 0 Å². The molecular formula is C5H13N3. The molecule has 3 nitrogen and oxygen atoms in total. The van der Waals surface area contributed by atoms with Crippen molar-refractivity contribution in [3.8, 4) is 0 Å². The van der Waals surface area contributed by atoms with Gasteiger partial charge in [-0.15, -0.1) is 0 Å². The summed E-state index contributed by atoms with van der Waals surface area (Å²) < 4.78 is 0. The molecule has 0 aromatic rings. The minimum Gasteiger partial charge on any atom is -0.329 e. The van der Waals surface area contributed by atoms with Crippen LogP contribution in [0, 0.1) is 0 Å². The molecule has 1 unspecified atom stereocenters. The molecule has 0 radical (unpaired) electrons. The molecule has 1 atom stereocenters. The van der Waals surface area contributed by atoms with Crippen LogP contribution in [-0.2, 0) is 0 Å². The van der Waals surface area contributed by atoms with Crippen molar-refractivity contribution >= 4 is 0 Å². The molecule has 8 heavy (non-hydrogen) atoms. The van der Waals surface area contributed by atoms with E-state index in [1.165, 1.54) is 6.54 Å². The van der Waals surface area contributed by atoms with Gasteiger partial charge in [-0.2, -0.15) is 0 Å².